The molecule has 1 unspecified atom stereocenters. The van der Waals surface area contributed by atoms with Gasteiger partial charge in [0.1, 0.15) is 10.9 Å². The Morgan fingerprint density at radius 2 is 1.48 bits per heavy atom. The van der Waals surface area contributed by atoms with E-state index in [4.69, 9.17) is 23.2 Å². The minimum Gasteiger partial charge on any atom is -0.322 e. The van der Waals surface area contributed by atoms with Gasteiger partial charge in [-0.05, 0) is 67.1 Å². The smallest absolute Gasteiger partial charge is 0.295 e. The van der Waals surface area contributed by atoms with Crippen molar-refractivity contribution in [2.24, 2.45) is 7.05 Å². The fraction of sp³-hybridized carbons (Fsp3) is 0.0938. The van der Waals surface area contributed by atoms with Crippen LogP contribution < -0.4 is 16.2 Å². The molecule has 0 aliphatic heterocycles. The predicted molar refractivity (Wildman–Crippen MR) is 170 cm³/mol. The average molecular weight is 618 g/mol. The van der Waals surface area contributed by atoms with Crippen molar-refractivity contribution in [3.05, 3.63) is 140 Å². The molecule has 1 heterocycles. The van der Waals surface area contributed by atoms with Gasteiger partial charge in [-0.25, -0.2) is 4.68 Å². The van der Waals surface area contributed by atoms with Gasteiger partial charge in [-0.1, -0.05) is 71.7 Å². The normalized spacial score (nSPS) is 11.6. The number of nitrogens with zero attached hydrogens (tertiary/aromatic N) is 2. The van der Waals surface area contributed by atoms with Gasteiger partial charge in [0.15, 0.2) is 0 Å². The third-order valence-electron chi connectivity index (χ3n) is 6.68. The van der Waals surface area contributed by atoms with E-state index in [0.717, 1.165) is 10.5 Å². The molecule has 2 amide bonds. The van der Waals surface area contributed by atoms with Crippen molar-refractivity contribution >= 4 is 58.2 Å². The zero-order chi connectivity index (χ0) is 29.8. The van der Waals surface area contributed by atoms with Gasteiger partial charge in [0.05, 0.1) is 22.0 Å². The van der Waals surface area contributed by atoms with E-state index in [1.165, 1.54) is 22.5 Å². The first kappa shape index (κ1) is 29.3. The van der Waals surface area contributed by atoms with Crippen LogP contribution in [-0.4, -0.2) is 21.2 Å². The van der Waals surface area contributed by atoms with Crippen LogP contribution in [0, 0.1) is 6.92 Å². The van der Waals surface area contributed by atoms with Crippen LogP contribution in [0.1, 0.15) is 26.9 Å². The molecule has 0 aliphatic carbocycles. The molecule has 0 radical (unpaired) electrons. The number of benzene rings is 4. The van der Waals surface area contributed by atoms with Crippen molar-refractivity contribution in [1.29, 1.82) is 0 Å². The SMILES string of the molecule is Cc1c(NC(=O)C(Sc2ccc(NC(=O)c3ccc(Cl)cc3Cl)cc2)c2ccccc2)c(=O)n(-c2ccccc2)n1C. The zero-order valence-corrected chi connectivity index (χ0v) is 25.0. The summed E-state index contributed by atoms with van der Waals surface area (Å²) in [6.45, 7) is 1.80. The molecule has 1 atom stereocenters. The van der Waals surface area contributed by atoms with Crippen molar-refractivity contribution in [2.45, 2.75) is 17.1 Å². The lowest BCUT2D eigenvalue weighted by atomic mass is 10.1. The van der Waals surface area contributed by atoms with E-state index in [0.29, 0.717) is 27.7 Å². The van der Waals surface area contributed by atoms with Crippen molar-refractivity contribution in [3.8, 4) is 5.69 Å². The van der Waals surface area contributed by atoms with Crippen LogP contribution in [0.4, 0.5) is 11.4 Å². The first-order chi connectivity index (χ1) is 20.2. The van der Waals surface area contributed by atoms with Gasteiger partial charge in [0.25, 0.3) is 11.5 Å². The number of halogens is 2. The summed E-state index contributed by atoms with van der Waals surface area (Å²) >= 11 is 13.4. The molecule has 5 rings (SSSR count). The first-order valence-corrected chi connectivity index (χ1v) is 14.6. The Labute approximate surface area is 257 Å². The molecule has 0 spiro atoms. The number of amides is 2. The van der Waals surface area contributed by atoms with Crippen molar-refractivity contribution in [3.63, 3.8) is 0 Å². The molecule has 0 bridgehead atoms. The van der Waals surface area contributed by atoms with Crippen molar-refractivity contribution in [2.75, 3.05) is 10.6 Å². The molecule has 0 saturated heterocycles. The number of carbonyl (C=O) groups excluding carboxylic acids is 2. The fourth-order valence-electron chi connectivity index (χ4n) is 4.43. The second kappa shape index (κ2) is 12.7. The number of hydrogen-bond donors (Lipinski definition) is 2. The maximum Gasteiger partial charge on any atom is 0.295 e. The molecule has 42 heavy (non-hydrogen) atoms. The minimum atomic E-state index is -0.649. The molecule has 0 saturated carbocycles. The van der Waals surface area contributed by atoms with E-state index >= 15 is 0 Å². The van der Waals surface area contributed by atoms with Crippen LogP contribution in [0.2, 0.25) is 10.0 Å². The minimum absolute atomic E-state index is 0.229. The lowest BCUT2D eigenvalue weighted by Crippen LogP contribution is -2.25. The molecule has 212 valence electrons. The molecular weight excluding hydrogens is 591 g/mol. The largest absolute Gasteiger partial charge is 0.322 e. The van der Waals surface area contributed by atoms with Crippen LogP contribution in [0.3, 0.4) is 0 Å². The third-order valence-corrected chi connectivity index (χ3v) is 8.50. The van der Waals surface area contributed by atoms with Gasteiger partial charge in [-0.15, -0.1) is 11.8 Å². The average Bonchev–Trinajstić information content (AvgIpc) is 3.20. The molecule has 4 aromatic carbocycles. The summed E-state index contributed by atoms with van der Waals surface area (Å²) in [5.74, 6) is -0.690. The summed E-state index contributed by atoms with van der Waals surface area (Å²) < 4.78 is 3.25. The Balaban J connectivity index is 1.37. The molecule has 0 fully saturated rings. The number of rotatable bonds is 8. The van der Waals surface area contributed by atoms with E-state index in [9.17, 15) is 14.4 Å². The predicted octanol–water partition coefficient (Wildman–Crippen LogP) is 7.52. The van der Waals surface area contributed by atoms with Crippen LogP contribution in [0.25, 0.3) is 5.69 Å². The second-order valence-corrected chi connectivity index (χ2v) is 11.5. The molecule has 1 aromatic heterocycles. The van der Waals surface area contributed by atoms with E-state index < -0.39 is 5.25 Å². The summed E-state index contributed by atoms with van der Waals surface area (Å²) in [7, 11) is 1.78. The van der Waals surface area contributed by atoms with Crippen LogP contribution in [0.5, 0.6) is 0 Å². The number of thioether (sulfide) groups is 1. The molecule has 2 N–H and O–H groups in total. The number of para-hydroxylation sites is 1. The fourth-order valence-corrected chi connectivity index (χ4v) is 5.95. The Kier molecular flexibility index (Phi) is 8.87. The summed E-state index contributed by atoms with van der Waals surface area (Å²) in [4.78, 5) is 40.6. The third kappa shape index (κ3) is 6.31. The quantitative estimate of drug-likeness (QED) is 0.177. The Hall–Kier alpha value is -4.24. The summed E-state index contributed by atoms with van der Waals surface area (Å²) in [6, 6.07) is 30.5. The second-order valence-electron chi connectivity index (χ2n) is 9.44. The Bertz CT molecular complexity index is 1800. The highest BCUT2D eigenvalue weighted by molar-refractivity contribution is 8.00. The van der Waals surface area contributed by atoms with Gasteiger partial charge in [-0.2, -0.15) is 0 Å². The number of aromatic nitrogens is 2. The highest BCUT2D eigenvalue weighted by Crippen LogP contribution is 2.37. The summed E-state index contributed by atoms with van der Waals surface area (Å²) in [5, 5.41) is 5.78. The van der Waals surface area contributed by atoms with Gasteiger partial charge >= 0.3 is 0 Å². The topological polar surface area (TPSA) is 85.1 Å². The van der Waals surface area contributed by atoms with Crippen molar-refractivity contribution in [1.82, 2.24) is 9.36 Å². The highest BCUT2D eigenvalue weighted by atomic mass is 35.5. The van der Waals surface area contributed by atoms with E-state index in [2.05, 4.69) is 10.6 Å². The molecule has 10 heteroatoms. The lowest BCUT2D eigenvalue weighted by Gasteiger charge is -2.17. The van der Waals surface area contributed by atoms with Gasteiger partial charge < -0.3 is 10.6 Å². The van der Waals surface area contributed by atoms with E-state index in [-0.39, 0.29) is 28.1 Å². The molecule has 0 aliphatic rings. The number of nitrogens with one attached hydrogen (secondary N) is 2. The summed E-state index contributed by atoms with van der Waals surface area (Å²) in [5.41, 5.74) is 2.91. The van der Waals surface area contributed by atoms with Crippen molar-refractivity contribution < 1.29 is 9.59 Å². The van der Waals surface area contributed by atoms with Crippen LogP contribution in [-0.2, 0) is 11.8 Å². The first-order valence-electron chi connectivity index (χ1n) is 13.0. The van der Waals surface area contributed by atoms with E-state index in [1.807, 2.05) is 72.8 Å². The molecular formula is C32H26Cl2N4O3S. The maximum absolute atomic E-state index is 13.7. The Morgan fingerprint density at radius 1 is 0.833 bits per heavy atom. The standard InChI is InChI=1S/C32H26Cl2N4O3S/c1-20-28(32(41)38(37(20)2)24-11-7-4-8-12-24)36-31(40)29(21-9-5-3-6-10-21)42-25-16-14-23(15-17-25)35-30(39)26-18-13-22(33)19-27(26)34/h3-19,29H,1-2H3,(H,35,39)(H,36,40). The van der Waals surface area contributed by atoms with E-state index in [1.54, 1.807) is 42.9 Å². The summed E-state index contributed by atoms with van der Waals surface area (Å²) in [6.07, 6.45) is 0. The monoisotopic (exact) mass is 616 g/mol. The van der Waals surface area contributed by atoms with Crippen LogP contribution in [0.15, 0.2) is 113 Å². The number of hydrogen-bond acceptors (Lipinski definition) is 4. The zero-order valence-electron chi connectivity index (χ0n) is 22.7. The van der Waals surface area contributed by atoms with Gasteiger partial charge in [0, 0.05) is 22.7 Å². The number of anilines is 2. The Morgan fingerprint density at radius 3 is 2.12 bits per heavy atom. The maximum atomic E-state index is 13.7. The van der Waals surface area contributed by atoms with Gasteiger partial charge in [-0.3, -0.25) is 19.1 Å². The highest BCUT2D eigenvalue weighted by Gasteiger charge is 2.26. The molecule has 5 aromatic rings. The van der Waals surface area contributed by atoms with Gasteiger partial charge in [0.2, 0.25) is 5.91 Å². The molecule has 7 nitrogen and oxygen atoms in total. The van der Waals surface area contributed by atoms with Crippen LogP contribution >= 0.6 is 35.0 Å². The number of carbonyl (C=O) groups is 2. The lowest BCUT2D eigenvalue weighted by molar-refractivity contribution is -0.115.